The molecule has 1 aliphatic carbocycles. The Labute approximate surface area is 137 Å². The SMILES string of the molecule is O=C(NC1(C(=O)O)CCCC1)c1cn(Cc2cccc(F)c2)nn1. The fraction of sp³-hybridized carbons (Fsp3) is 0.375. The number of aromatic nitrogens is 3. The highest BCUT2D eigenvalue weighted by atomic mass is 19.1. The van der Waals surface area contributed by atoms with Gasteiger partial charge in [-0.15, -0.1) is 5.10 Å². The summed E-state index contributed by atoms with van der Waals surface area (Å²) in [4.78, 5) is 23.8. The maximum atomic E-state index is 13.2. The third-order valence-corrected chi connectivity index (χ3v) is 4.22. The molecule has 2 aromatic rings. The molecule has 1 saturated carbocycles. The molecule has 1 aromatic heterocycles. The molecule has 8 heteroatoms. The van der Waals surface area contributed by atoms with Crippen LogP contribution in [0.4, 0.5) is 4.39 Å². The first-order valence-electron chi connectivity index (χ1n) is 7.69. The molecule has 0 atom stereocenters. The predicted molar refractivity (Wildman–Crippen MR) is 81.8 cm³/mol. The molecule has 0 bridgehead atoms. The minimum Gasteiger partial charge on any atom is -0.480 e. The number of halogens is 1. The summed E-state index contributed by atoms with van der Waals surface area (Å²) in [5, 5.41) is 19.6. The number of carbonyl (C=O) groups excluding carboxylic acids is 1. The predicted octanol–water partition coefficient (Wildman–Crippen LogP) is 1.59. The van der Waals surface area contributed by atoms with E-state index in [1.165, 1.54) is 23.0 Å². The van der Waals surface area contributed by atoms with E-state index in [-0.39, 0.29) is 18.1 Å². The van der Waals surface area contributed by atoms with Gasteiger partial charge in [0.2, 0.25) is 0 Å². The van der Waals surface area contributed by atoms with Crippen molar-refractivity contribution in [2.45, 2.75) is 37.8 Å². The Hall–Kier alpha value is -2.77. The summed E-state index contributed by atoms with van der Waals surface area (Å²) < 4.78 is 14.6. The van der Waals surface area contributed by atoms with Crippen LogP contribution >= 0.6 is 0 Å². The second-order valence-electron chi connectivity index (χ2n) is 5.98. The number of nitrogens with zero attached hydrogens (tertiary/aromatic N) is 3. The van der Waals surface area contributed by atoms with Gasteiger partial charge in [0.25, 0.3) is 5.91 Å². The number of carboxylic acids is 1. The van der Waals surface area contributed by atoms with Crippen LogP contribution in [0.25, 0.3) is 0 Å². The lowest BCUT2D eigenvalue weighted by molar-refractivity contribution is -0.144. The van der Waals surface area contributed by atoms with Gasteiger partial charge in [0.15, 0.2) is 5.69 Å². The van der Waals surface area contributed by atoms with E-state index in [9.17, 15) is 19.1 Å². The Morgan fingerprint density at radius 3 is 2.75 bits per heavy atom. The van der Waals surface area contributed by atoms with E-state index in [0.717, 1.165) is 12.8 Å². The van der Waals surface area contributed by atoms with Crippen molar-refractivity contribution in [1.29, 1.82) is 0 Å². The van der Waals surface area contributed by atoms with Crippen LogP contribution < -0.4 is 5.32 Å². The number of amides is 1. The van der Waals surface area contributed by atoms with Crippen LogP contribution in [0.2, 0.25) is 0 Å². The summed E-state index contributed by atoms with van der Waals surface area (Å²) in [5.74, 6) is -1.94. The molecule has 1 aliphatic rings. The summed E-state index contributed by atoms with van der Waals surface area (Å²) >= 11 is 0. The van der Waals surface area contributed by atoms with E-state index in [0.29, 0.717) is 18.4 Å². The first-order chi connectivity index (χ1) is 11.5. The molecule has 126 valence electrons. The second kappa shape index (κ2) is 6.38. The molecule has 0 saturated heterocycles. The van der Waals surface area contributed by atoms with Crippen LogP contribution in [-0.2, 0) is 11.3 Å². The summed E-state index contributed by atoms with van der Waals surface area (Å²) in [5.41, 5.74) is -0.493. The maximum absolute atomic E-state index is 13.2. The summed E-state index contributed by atoms with van der Waals surface area (Å²) in [6.45, 7) is 0.266. The van der Waals surface area contributed by atoms with Crippen molar-refractivity contribution in [3.8, 4) is 0 Å². The molecule has 0 spiro atoms. The van der Waals surface area contributed by atoms with Crippen molar-refractivity contribution in [2.75, 3.05) is 0 Å². The number of hydrogen-bond acceptors (Lipinski definition) is 4. The Kier molecular flexibility index (Phi) is 4.28. The third-order valence-electron chi connectivity index (χ3n) is 4.22. The van der Waals surface area contributed by atoms with Crippen molar-refractivity contribution in [2.24, 2.45) is 0 Å². The second-order valence-corrected chi connectivity index (χ2v) is 5.98. The van der Waals surface area contributed by atoms with Crippen LogP contribution in [0.5, 0.6) is 0 Å². The van der Waals surface area contributed by atoms with Gasteiger partial charge in [-0.1, -0.05) is 30.2 Å². The van der Waals surface area contributed by atoms with Crippen LogP contribution in [-0.4, -0.2) is 37.5 Å². The van der Waals surface area contributed by atoms with Crippen molar-refractivity contribution < 1.29 is 19.1 Å². The standard InChI is InChI=1S/C16H17FN4O3/c17-12-5-3-4-11(8-12)9-21-10-13(19-20-21)14(22)18-16(15(23)24)6-1-2-7-16/h3-5,8,10H,1-2,6-7,9H2,(H,18,22)(H,23,24). The Morgan fingerprint density at radius 1 is 1.33 bits per heavy atom. The zero-order chi connectivity index (χ0) is 17.2. The smallest absolute Gasteiger partial charge is 0.329 e. The number of benzene rings is 1. The van der Waals surface area contributed by atoms with Gasteiger partial charge in [-0.2, -0.15) is 0 Å². The highest BCUT2D eigenvalue weighted by molar-refractivity contribution is 5.96. The molecule has 7 nitrogen and oxygen atoms in total. The monoisotopic (exact) mass is 332 g/mol. The van der Waals surface area contributed by atoms with Crippen molar-refractivity contribution >= 4 is 11.9 Å². The first kappa shape index (κ1) is 16.1. The average Bonchev–Trinajstić information content (AvgIpc) is 3.17. The number of nitrogens with one attached hydrogen (secondary N) is 1. The molecule has 1 fully saturated rings. The van der Waals surface area contributed by atoms with Crippen LogP contribution in [0.3, 0.4) is 0 Å². The quantitative estimate of drug-likeness (QED) is 0.867. The van der Waals surface area contributed by atoms with Crippen LogP contribution in [0, 0.1) is 5.82 Å². The zero-order valence-electron chi connectivity index (χ0n) is 12.9. The van der Waals surface area contributed by atoms with Gasteiger partial charge in [-0.3, -0.25) is 4.79 Å². The lowest BCUT2D eigenvalue weighted by Crippen LogP contribution is -2.52. The summed E-state index contributed by atoms with van der Waals surface area (Å²) in [7, 11) is 0. The summed E-state index contributed by atoms with van der Waals surface area (Å²) in [6.07, 6.45) is 3.76. The molecule has 3 rings (SSSR count). The number of aliphatic carboxylic acids is 1. The Bertz CT molecular complexity index is 768. The largest absolute Gasteiger partial charge is 0.480 e. The average molecular weight is 332 g/mol. The van der Waals surface area contributed by atoms with E-state index in [2.05, 4.69) is 15.6 Å². The van der Waals surface area contributed by atoms with Crippen molar-refractivity contribution in [1.82, 2.24) is 20.3 Å². The highest BCUT2D eigenvalue weighted by Gasteiger charge is 2.43. The third kappa shape index (κ3) is 3.27. The molecule has 0 aliphatic heterocycles. The Balaban J connectivity index is 1.70. The van der Waals surface area contributed by atoms with E-state index >= 15 is 0 Å². The molecule has 0 unspecified atom stereocenters. The molecular formula is C16H17FN4O3. The van der Waals surface area contributed by atoms with Gasteiger partial charge in [0.1, 0.15) is 11.4 Å². The lowest BCUT2D eigenvalue weighted by atomic mass is 9.98. The lowest BCUT2D eigenvalue weighted by Gasteiger charge is -2.24. The minimum atomic E-state index is -1.22. The number of carbonyl (C=O) groups is 2. The molecule has 2 N–H and O–H groups in total. The fourth-order valence-electron chi connectivity index (χ4n) is 2.95. The van der Waals surface area contributed by atoms with Crippen LogP contribution in [0.15, 0.2) is 30.5 Å². The van der Waals surface area contributed by atoms with E-state index < -0.39 is 17.4 Å². The number of rotatable bonds is 5. The summed E-state index contributed by atoms with van der Waals surface area (Å²) in [6, 6.07) is 6.05. The molecule has 1 heterocycles. The van der Waals surface area contributed by atoms with Gasteiger partial charge in [0.05, 0.1) is 12.7 Å². The van der Waals surface area contributed by atoms with E-state index in [1.54, 1.807) is 12.1 Å². The van der Waals surface area contributed by atoms with Gasteiger partial charge >= 0.3 is 5.97 Å². The van der Waals surface area contributed by atoms with Crippen LogP contribution in [0.1, 0.15) is 41.7 Å². The number of hydrogen-bond donors (Lipinski definition) is 2. The highest BCUT2D eigenvalue weighted by Crippen LogP contribution is 2.30. The molecular weight excluding hydrogens is 315 g/mol. The zero-order valence-corrected chi connectivity index (χ0v) is 12.9. The molecule has 24 heavy (non-hydrogen) atoms. The minimum absolute atomic E-state index is 0.0407. The van der Waals surface area contributed by atoms with Gasteiger partial charge in [-0.05, 0) is 30.5 Å². The topological polar surface area (TPSA) is 97.1 Å². The Morgan fingerprint density at radius 2 is 2.08 bits per heavy atom. The van der Waals surface area contributed by atoms with Gasteiger partial charge in [-0.25, -0.2) is 13.9 Å². The van der Waals surface area contributed by atoms with E-state index in [4.69, 9.17) is 0 Å². The first-order valence-corrected chi connectivity index (χ1v) is 7.69. The maximum Gasteiger partial charge on any atom is 0.329 e. The fourth-order valence-corrected chi connectivity index (χ4v) is 2.95. The van der Waals surface area contributed by atoms with Gasteiger partial charge < -0.3 is 10.4 Å². The normalized spacial score (nSPS) is 16.0. The van der Waals surface area contributed by atoms with Crippen molar-refractivity contribution in [3.63, 3.8) is 0 Å². The number of carboxylic acid groups (broad SMARTS) is 1. The molecule has 1 amide bonds. The molecule has 1 aromatic carbocycles. The molecule has 0 radical (unpaired) electrons. The van der Waals surface area contributed by atoms with E-state index in [1.807, 2.05) is 0 Å². The van der Waals surface area contributed by atoms with Crippen molar-refractivity contribution in [3.05, 3.63) is 47.5 Å². The van der Waals surface area contributed by atoms with Gasteiger partial charge in [0, 0.05) is 0 Å².